The van der Waals surface area contributed by atoms with E-state index in [4.69, 9.17) is 56.8 Å². The molecule has 6 rings (SSSR count). The number of aliphatic hydroxyl groups is 20. The first-order chi connectivity index (χ1) is 38.7. The largest absolute Gasteiger partial charge is 0.394 e. The highest BCUT2D eigenvalue weighted by Crippen LogP contribution is 2.39. The Morgan fingerprint density at radius 2 is 0.780 bits per heavy atom. The standard InChI is InChI=1S/C46H80N2O34/c1-11-22(58)29(65)32(68)42(71-11)81-39-37(79-41-21(48-14(4)56)36(26(62)18(8-52)73-41)78-44-34(70)31(67)25(61)17(7-51)74-44)27(63)19(9-53)76-46(39)80-38-28(64)20(10-54)75-45(40(38)82-43-33(69)30(66)23(59)12(2)72-43)77-35(24(60)16(57)6-50)15(5-49)47-13(3)55/h11-12,15-46,49-54,57-70H,5-10H2,1-4H3,(H,47,55)(H,48,56)/t11-,12-,15-,16+,17+,18+,19+,20+,21+,22+,23+,24-,25-,26-,27-,28-,29+,30+,31-,32-,33-,34+,35+,36+,37-,38-,39+,40+,41+,42-,43-,44+,45-,46-/m0/s1. The summed E-state index contributed by atoms with van der Waals surface area (Å²) in [5.74, 6) is -1.76. The molecular formula is C46H80N2O34. The smallest absolute Gasteiger partial charge is 0.217 e. The van der Waals surface area contributed by atoms with Crippen LogP contribution >= 0.6 is 0 Å². The zero-order valence-electron chi connectivity index (χ0n) is 44.5. The van der Waals surface area contributed by atoms with Crippen LogP contribution in [-0.4, -0.2) is 362 Å². The van der Waals surface area contributed by atoms with Crippen LogP contribution < -0.4 is 10.6 Å². The molecule has 0 aromatic rings. The van der Waals surface area contributed by atoms with E-state index in [-0.39, 0.29) is 0 Å². The van der Waals surface area contributed by atoms with E-state index in [1.54, 1.807) is 0 Å². The minimum atomic E-state index is -2.36. The quantitative estimate of drug-likeness (QED) is 0.0452. The van der Waals surface area contributed by atoms with Gasteiger partial charge < -0.3 is 170 Å². The third kappa shape index (κ3) is 15.1. The molecule has 0 radical (unpaired) electrons. The molecule has 0 aromatic heterocycles. The van der Waals surface area contributed by atoms with Crippen molar-refractivity contribution in [3.63, 3.8) is 0 Å². The molecule has 0 unspecified atom stereocenters. The maximum Gasteiger partial charge on any atom is 0.217 e. The lowest BCUT2D eigenvalue weighted by Crippen LogP contribution is -2.71. The molecule has 6 fully saturated rings. The van der Waals surface area contributed by atoms with Gasteiger partial charge in [-0.05, 0) is 13.8 Å². The lowest BCUT2D eigenvalue weighted by Gasteiger charge is -2.52. The normalized spacial score (nSPS) is 47.2. The minimum Gasteiger partial charge on any atom is -0.394 e. The Hall–Kier alpha value is -2.34. The molecule has 0 saturated carbocycles. The Morgan fingerprint density at radius 3 is 1.22 bits per heavy atom. The van der Waals surface area contributed by atoms with Gasteiger partial charge in [0.25, 0.3) is 0 Å². The average Bonchev–Trinajstić information content (AvgIpc) is 3.50. The lowest BCUT2D eigenvalue weighted by molar-refractivity contribution is -0.415. The molecule has 36 nitrogen and oxygen atoms in total. The number of nitrogens with one attached hydrogen (secondary N) is 2. The summed E-state index contributed by atoms with van der Waals surface area (Å²) in [6, 6.07) is -3.59. The van der Waals surface area contributed by atoms with E-state index in [0.29, 0.717) is 0 Å². The summed E-state index contributed by atoms with van der Waals surface area (Å²) in [5, 5.41) is 222. The van der Waals surface area contributed by atoms with Crippen molar-refractivity contribution in [2.45, 2.75) is 236 Å². The third-order valence-electron chi connectivity index (χ3n) is 14.9. The second-order valence-electron chi connectivity index (χ2n) is 20.8. The number of ether oxygens (including phenoxy) is 12. The highest BCUT2D eigenvalue weighted by molar-refractivity contribution is 5.73. The van der Waals surface area contributed by atoms with Crippen molar-refractivity contribution in [3.8, 4) is 0 Å². The molecule has 6 saturated heterocycles. The first-order valence-corrected chi connectivity index (χ1v) is 26.3. The van der Waals surface area contributed by atoms with Gasteiger partial charge in [0, 0.05) is 13.8 Å². The number of carbonyl (C=O) groups excluding carboxylic acids is 2. The Balaban J connectivity index is 1.49. The van der Waals surface area contributed by atoms with Gasteiger partial charge in [0.15, 0.2) is 37.7 Å². The molecule has 2 amide bonds. The van der Waals surface area contributed by atoms with E-state index in [1.807, 2.05) is 0 Å². The molecule has 0 aromatic carbocycles. The van der Waals surface area contributed by atoms with Crippen molar-refractivity contribution in [1.82, 2.24) is 10.6 Å². The molecule has 36 heteroatoms. The van der Waals surface area contributed by atoms with Crippen LogP contribution in [-0.2, 0) is 66.4 Å². The monoisotopic (exact) mass is 1200 g/mol. The number of aliphatic hydroxyl groups excluding tert-OH is 20. The SMILES string of the molecule is CC(=O)N[C@H]1[C@@H](O[C@H]2[C@@H](O)[C@@H](CO)O[C@@H](O[C@H]3[C@@H](O)[C@@H](CO)O[C@@H](O[C@@H]([C@@H](O)[C@H](O)CO)[C@H](CO)NC(C)=O)[C@@H]3O[C@@H]3O[C@@H](C)[C@@H](O)[C@@H](O)[C@@H]3O)[C@@H]2O[C@@H]2O[C@@H](C)[C@@H](O)[C@@H](O)[C@@H]2O)O[C@H](CO)[C@H](O)[C@@H]1O[C@H]1O[C@H](CO)[C@H](O)[C@H](O)[C@H]1O. The van der Waals surface area contributed by atoms with Gasteiger partial charge in [-0.1, -0.05) is 0 Å². The van der Waals surface area contributed by atoms with Crippen LogP contribution in [0.15, 0.2) is 0 Å². The first kappa shape index (κ1) is 68.8. The maximum absolute atomic E-state index is 13.0. The first-order valence-electron chi connectivity index (χ1n) is 26.3. The topological polar surface area (TPSA) is 574 Å². The van der Waals surface area contributed by atoms with Crippen LogP contribution in [0.5, 0.6) is 0 Å². The summed E-state index contributed by atoms with van der Waals surface area (Å²) in [5.41, 5.74) is 0. The Kier molecular flexibility index (Phi) is 25.2. The number of carbonyl (C=O) groups is 2. The summed E-state index contributed by atoms with van der Waals surface area (Å²) < 4.78 is 71.9. The Bertz CT molecular complexity index is 1980. The molecule has 0 bridgehead atoms. The molecule has 6 aliphatic rings. The zero-order chi connectivity index (χ0) is 60.9. The van der Waals surface area contributed by atoms with Crippen molar-refractivity contribution in [3.05, 3.63) is 0 Å². The van der Waals surface area contributed by atoms with E-state index in [1.165, 1.54) is 13.8 Å². The van der Waals surface area contributed by atoms with E-state index >= 15 is 0 Å². The number of rotatable bonds is 23. The second-order valence-corrected chi connectivity index (χ2v) is 20.8. The van der Waals surface area contributed by atoms with Crippen LogP contribution in [0.25, 0.3) is 0 Å². The molecule has 478 valence electrons. The Labute approximate surface area is 466 Å². The summed E-state index contributed by atoms with van der Waals surface area (Å²) in [6.45, 7) is -2.16. The van der Waals surface area contributed by atoms with Crippen LogP contribution in [0.1, 0.15) is 27.7 Å². The zero-order valence-corrected chi connectivity index (χ0v) is 44.5. The van der Waals surface area contributed by atoms with Crippen molar-refractivity contribution >= 4 is 11.8 Å². The van der Waals surface area contributed by atoms with Gasteiger partial charge in [-0.25, -0.2) is 0 Å². The lowest BCUT2D eigenvalue weighted by atomic mass is 9.94. The second kappa shape index (κ2) is 30.0. The van der Waals surface area contributed by atoms with Crippen molar-refractivity contribution in [2.24, 2.45) is 0 Å². The molecule has 82 heavy (non-hydrogen) atoms. The van der Waals surface area contributed by atoms with Crippen LogP contribution in [0.4, 0.5) is 0 Å². The van der Waals surface area contributed by atoms with Crippen molar-refractivity contribution in [1.29, 1.82) is 0 Å². The summed E-state index contributed by atoms with van der Waals surface area (Å²) in [6.07, 6.45) is -65.0. The number of hydrogen-bond acceptors (Lipinski definition) is 34. The Morgan fingerprint density at radius 1 is 0.415 bits per heavy atom. The predicted octanol–water partition coefficient (Wildman–Crippen LogP) is -14.3. The van der Waals surface area contributed by atoms with E-state index in [2.05, 4.69) is 10.6 Å². The molecular weight excluding hydrogens is 1120 g/mol. The van der Waals surface area contributed by atoms with Crippen molar-refractivity contribution < 1.29 is 169 Å². The molecule has 0 spiro atoms. The average molecular weight is 1210 g/mol. The van der Waals surface area contributed by atoms with Gasteiger partial charge >= 0.3 is 0 Å². The highest BCUT2D eigenvalue weighted by atomic mass is 16.8. The fraction of sp³-hybridized carbons (Fsp3) is 0.957. The third-order valence-corrected chi connectivity index (χ3v) is 14.9. The number of amides is 2. The van der Waals surface area contributed by atoms with Gasteiger partial charge in [0.2, 0.25) is 11.8 Å². The molecule has 6 aliphatic heterocycles. The predicted molar refractivity (Wildman–Crippen MR) is 254 cm³/mol. The van der Waals surface area contributed by atoms with Crippen LogP contribution in [0.2, 0.25) is 0 Å². The summed E-state index contributed by atoms with van der Waals surface area (Å²) >= 11 is 0. The molecule has 22 N–H and O–H groups in total. The van der Waals surface area contributed by atoms with E-state index in [9.17, 15) is 112 Å². The summed E-state index contributed by atoms with van der Waals surface area (Å²) in [4.78, 5) is 25.3. The van der Waals surface area contributed by atoms with Crippen molar-refractivity contribution in [2.75, 3.05) is 39.6 Å². The van der Waals surface area contributed by atoms with Gasteiger partial charge in [-0.15, -0.1) is 0 Å². The maximum atomic E-state index is 13.0. The molecule has 34 atom stereocenters. The molecule has 6 heterocycles. The van der Waals surface area contributed by atoms with Gasteiger partial charge in [-0.3, -0.25) is 9.59 Å². The van der Waals surface area contributed by atoms with E-state index in [0.717, 1.165) is 13.8 Å². The van der Waals surface area contributed by atoms with Gasteiger partial charge in [-0.2, -0.15) is 0 Å². The van der Waals surface area contributed by atoms with Crippen LogP contribution in [0, 0.1) is 0 Å². The summed E-state index contributed by atoms with van der Waals surface area (Å²) in [7, 11) is 0. The van der Waals surface area contributed by atoms with Gasteiger partial charge in [0.05, 0.1) is 57.9 Å². The van der Waals surface area contributed by atoms with Crippen LogP contribution in [0.3, 0.4) is 0 Å². The number of hydrogen-bond donors (Lipinski definition) is 22. The molecule has 0 aliphatic carbocycles. The fourth-order valence-corrected chi connectivity index (χ4v) is 10.2. The van der Waals surface area contributed by atoms with E-state index < -0.39 is 260 Å². The van der Waals surface area contributed by atoms with Gasteiger partial charge in [0.1, 0.15) is 153 Å². The minimum absolute atomic E-state index is 0.843. The highest BCUT2D eigenvalue weighted by Gasteiger charge is 2.60. The fourth-order valence-electron chi connectivity index (χ4n) is 10.2.